The Morgan fingerprint density at radius 3 is 1.92 bits per heavy atom. The molecule has 406 valence electrons. The van der Waals surface area contributed by atoms with Gasteiger partial charge in [0.1, 0.15) is 41.2 Å². The second-order valence-corrected chi connectivity index (χ2v) is 22.1. The molecule has 1 saturated heterocycles. The number of ketones is 1. The van der Waals surface area contributed by atoms with Crippen molar-refractivity contribution in [1.82, 2.24) is 5.32 Å². The van der Waals surface area contributed by atoms with Gasteiger partial charge in [-0.3, -0.25) is 14.4 Å². The van der Waals surface area contributed by atoms with Gasteiger partial charge in [-0.05, 0) is 109 Å². The van der Waals surface area contributed by atoms with Crippen molar-refractivity contribution < 1.29 is 63.0 Å². The molecule has 4 aliphatic rings. The van der Waals surface area contributed by atoms with Gasteiger partial charge in [-0.1, -0.05) is 130 Å². The fraction of sp³-hybridized carbons (Fsp3) is 0.525. The normalized spacial score (nSPS) is 29.3. The third-order valence-electron chi connectivity index (χ3n) is 15.5. The van der Waals surface area contributed by atoms with E-state index in [1.165, 1.54) is 19.1 Å². The van der Waals surface area contributed by atoms with E-state index in [0.29, 0.717) is 18.4 Å². The average Bonchev–Trinajstić information content (AvgIpc) is 3.36. The predicted molar refractivity (Wildman–Crippen MR) is 285 cm³/mol. The first-order valence-electron chi connectivity index (χ1n) is 26.5. The Balaban J connectivity index is 1.29. The molecule has 75 heavy (non-hydrogen) atoms. The molecule has 0 radical (unpaired) electrons. The van der Waals surface area contributed by atoms with Crippen LogP contribution in [0.3, 0.4) is 0 Å². The van der Waals surface area contributed by atoms with Crippen molar-refractivity contribution >= 4 is 29.8 Å². The largest absolute Gasteiger partial charge is 0.461 e. The highest BCUT2D eigenvalue weighted by Gasteiger charge is 2.77. The number of benzene rings is 2. The number of hydrogen-bond acceptors (Lipinski definition) is 13. The fourth-order valence-electron chi connectivity index (χ4n) is 11.3. The molecule has 14 heteroatoms. The van der Waals surface area contributed by atoms with Gasteiger partial charge in [0.15, 0.2) is 5.78 Å². The lowest BCUT2D eigenvalue weighted by molar-refractivity contribution is -0.344. The number of allylic oxidation sites excluding steroid dienone is 10. The molecule has 2 aromatic carbocycles. The molecular formula is C61H79NO13. The molecule has 14 nitrogen and oxygen atoms in total. The molecule has 4 N–H and O–H groups in total. The van der Waals surface area contributed by atoms with E-state index in [1.807, 2.05) is 18.2 Å². The van der Waals surface area contributed by atoms with E-state index in [-0.39, 0.29) is 36.2 Å². The van der Waals surface area contributed by atoms with Crippen LogP contribution in [-0.2, 0) is 38.1 Å². The Labute approximate surface area is 443 Å². The van der Waals surface area contributed by atoms with E-state index in [1.54, 1.807) is 97.0 Å². The highest BCUT2D eigenvalue weighted by molar-refractivity contribution is 5.94. The maximum Gasteiger partial charge on any atom is 0.408 e. The molecule has 0 spiro atoms. The molecule has 0 aromatic heterocycles. The Kier molecular flexibility index (Phi) is 19.3. The summed E-state index contributed by atoms with van der Waals surface area (Å²) >= 11 is 0. The van der Waals surface area contributed by atoms with Crippen LogP contribution in [0.2, 0.25) is 0 Å². The number of alkyl carbamates (subject to hydrolysis) is 1. The number of fused-ring (bicyclic) bond motifs is 5. The number of carbonyl (C=O) groups is 5. The third kappa shape index (κ3) is 13.0. The van der Waals surface area contributed by atoms with Crippen molar-refractivity contribution in [2.75, 3.05) is 6.61 Å². The summed E-state index contributed by atoms with van der Waals surface area (Å²) in [6, 6.07) is 15.9. The smallest absolute Gasteiger partial charge is 0.408 e. The van der Waals surface area contributed by atoms with Gasteiger partial charge < -0.3 is 44.3 Å². The molecule has 2 saturated carbocycles. The van der Waals surface area contributed by atoms with Crippen molar-refractivity contribution in [2.45, 2.75) is 173 Å². The molecule has 1 aliphatic heterocycles. The summed E-state index contributed by atoms with van der Waals surface area (Å²) in [7, 11) is 0. The first kappa shape index (κ1) is 58.3. The minimum atomic E-state index is -2.30. The highest BCUT2D eigenvalue weighted by Crippen LogP contribution is 2.64. The second-order valence-electron chi connectivity index (χ2n) is 22.1. The van der Waals surface area contributed by atoms with Crippen molar-refractivity contribution in [3.8, 4) is 0 Å². The van der Waals surface area contributed by atoms with Gasteiger partial charge in [0.05, 0.1) is 35.6 Å². The van der Waals surface area contributed by atoms with E-state index in [4.69, 9.17) is 23.7 Å². The molecule has 11 unspecified atom stereocenters. The van der Waals surface area contributed by atoms with Crippen molar-refractivity contribution in [3.05, 3.63) is 144 Å². The summed E-state index contributed by atoms with van der Waals surface area (Å²) in [4.78, 5) is 71.5. The van der Waals surface area contributed by atoms with Crippen LogP contribution < -0.4 is 5.32 Å². The van der Waals surface area contributed by atoms with Crippen LogP contribution in [0.4, 0.5) is 4.79 Å². The lowest BCUT2D eigenvalue weighted by Crippen LogP contribution is -2.81. The third-order valence-corrected chi connectivity index (χ3v) is 15.5. The van der Waals surface area contributed by atoms with Crippen LogP contribution >= 0.6 is 0 Å². The average molecular weight is 1030 g/mol. The zero-order valence-electron chi connectivity index (χ0n) is 45.2. The van der Waals surface area contributed by atoms with Gasteiger partial charge in [0.2, 0.25) is 0 Å². The summed E-state index contributed by atoms with van der Waals surface area (Å²) in [5.74, 6) is -5.78. The number of aliphatic hydroxyl groups is 3. The summed E-state index contributed by atoms with van der Waals surface area (Å²) in [5.41, 5.74) is -7.71. The van der Waals surface area contributed by atoms with E-state index in [2.05, 4.69) is 54.8 Å². The lowest BCUT2D eigenvalue weighted by Gasteiger charge is -2.67. The minimum absolute atomic E-state index is 0.0149. The predicted octanol–water partition coefficient (Wildman–Crippen LogP) is 10.0. The highest BCUT2D eigenvalue weighted by atomic mass is 16.6. The first-order valence-corrected chi connectivity index (χ1v) is 26.5. The molecule has 1 heterocycles. The quantitative estimate of drug-likeness (QED) is 0.0555. The number of ether oxygens (including phenoxy) is 5. The maximum atomic E-state index is 15.6. The summed E-state index contributed by atoms with van der Waals surface area (Å²) in [5, 5.41) is 42.0. The molecule has 2 bridgehead atoms. The summed E-state index contributed by atoms with van der Waals surface area (Å²) in [6.07, 6.45) is 16.6. The van der Waals surface area contributed by atoms with Crippen LogP contribution in [-0.4, -0.2) is 99.0 Å². The van der Waals surface area contributed by atoms with Crippen LogP contribution in [0, 0.1) is 22.7 Å². The van der Waals surface area contributed by atoms with Crippen molar-refractivity contribution in [2.24, 2.45) is 22.7 Å². The van der Waals surface area contributed by atoms with Gasteiger partial charge in [0.25, 0.3) is 0 Å². The minimum Gasteiger partial charge on any atom is -0.461 e. The van der Waals surface area contributed by atoms with Gasteiger partial charge in [-0.25, -0.2) is 9.59 Å². The second kappa shape index (κ2) is 24.8. The van der Waals surface area contributed by atoms with E-state index >= 15 is 4.79 Å². The van der Waals surface area contributed by atoms with E-state index in [9.17, 15) is 34.5 Å². The molecule has 1 amide bonds. The monoisotopic (exact) mass is 1030 g/mol. The molecule has 2 aromatic rings. The molecule has 11 atom stereocenters. The van der Waals surface area contributed by atoms with Crippen molar-refractivity contribution in [1.29, 1.82) is 0 Å². The SMILES string of the molecule is CC/C=C\C/C=C\C/C=C\C/C=C\C/C=C\CCC(=O)OC1CC2OCC2(O)C2C(OC(=O)c3ccccc3)C3(O)CC(OC(=O)C(C)C(NC(=O)OC(C)(C)C)c4ccccc4)C(C)=C(C(O)C(=O)C12C)C3(C)C. The van der Waals surface area contributed by atoms with Gasteiger partial charge in [0, 0.05) is 30.6 Å². The molecule has 3 aliphatic carbocycles. The van der Waals surface area contributed by atoms with Crippen molar-refractivity contribution in [3.63, 3.8) is 0 Å². The van der Waals surface area contributed by atoms with E-state index in [0.717, 1.165) is 25.7 Å². The summed E-state index contributed by atoms with van der Waals surface area (Å²) in [6.45, 7) is 14.8. The van der Waals surface area contributed by atoms with Gasteiger partial charge >= 0.3 is 24.0 Å². The molecular weight excluding hydrogens is 955 g/mol. The number of nitrogens with one attached hydrogen (secondary N) is 1. The summed E-state index contributed by atoms with van der Waals surface area (Å²) < 4.78 is 30.5. The number of hydrogen-bond donors (Lipinski definition) is 4. The van der Waals surface area contributed by atoms with Gasteiger partial charge in [-0.2, -0.15) is 0 Å². The number of rotatable bonds is 20. The Morgan fingerprint density at radius 1 is 0.813 bits per heavy atom. The van der Waals surface area contributed by atoms with Crippen LogP contribution in [0.1, 0.15) is 142 Å². The standard InChI is InChI=1S/C61H79NO13/c1-10-11-12-13-14-15-16-17-18-19-20-21-22-23-24-31-36-47(63)73-45-37-46-60(69,39-71-46)51-53(74-55(67)43-34-29-26-30-35-43)61(70)38-44(40(2)48(58(61,7)8)50(64)52(65)59(45,51)9)72-54(66)41(3)49(42-32-27-25-28-33-42)62-56(68)75-57(4,5)6/h11-12,14-15,17-18,20-21,23-30,32-35,41,44-46,49-51,53,64,69-70H,10,13,16,19,22,31,36-39H2,1-9H3,(H,62,68)/b12-11-,15-14-,18-17-,21-20-,24-23-. The Hall–Kier alpha value is -5.93. The number of Topliss-reactive ketones (excluding diaryl/α,β-unsaturated/α-hetero) is 1. The van der Waals surface area contributed by atoms with E-state index < -0.39 is 112 Å². The number of aliphatic hydroxyl groups excluding tert-OH is 1. The number of carbonyl (C=O) groups excluding carboxylic acids is 5. The zero-order valence-corrected chi connectivity index (χ0v) is 45.2. The number of amides is 1. The van der Waals surface area contributed by atoms with Crippen LogP contribution in [0.5, 0.6) is 0 Å². The maximum absolute atomic E-state index is 15.6. The fourth-order valence-corrected chi connectivity index (χ4v) is 11.3. The molecule has 6 rings (SSSR count). The first-order chi connectivity index (χ1) is 35.5. The van der Waals surface area contributed by atoms with Gasteiger partial charge in [-0.15, -0.1) is 0 Å². The Bertz CT molecular complexity index is 2520. The van der Waals surface area contributed by atoms with Crippen LogP contribution in [0.25, 0.3) is 0 Å². The molecule has 3 fully saturated rings. The Morgan fingerprint density at radius 2 is 1.37 bits per heavy atom. The topological polar surface area (TPSA) is 204 Å². The number of esters is 3. The zero-order chi connectivity index (χ0) is 54.8. The lowest BCUT2D eigenvalue weighted by atomic mass is 9.44. The van der Waals surface area contributed by atoms with Crippen LogP contribution in [0.15, 0.2) is 133 Å².